The van der Waals surface area contributed by atoms with E-state index in [1.807, 2.05) is 116 Å². The molecule has 0 unspecified atom stereocenters. The predicted octanol–water partition coefficient (Wildman–Crippen LogP) is 6.23. The van der Waals surface area contributed by atoms with Gasteiger partial charge in [-0.1, -0.05) is 116 Å². The molecule has 2 atom stereocenters. The maximum absolute atomic E-state index is 14.6. The largest absolute Gasteiger partial charge is 0.454 e. The van der Waals surface area contributed by atoms with E-state index in [9.17, 15) is 9.36 Å². The molecule has 0 aliphatic carbocycles. The standard InChI is InChI=1S/C29H27O3P/c1-23(22-33(31,26-18-10-4-11-19-26)27-20-12-5-13-21-27)28(24-14-6-2-7-15-24)32-29(30)25-16-8-3-9-17-25/h2-21,23,28H,22H2,1H3/t23-,28+/m1/s1. The molecular weight excluding hydrogens is 427 g/mol. The summed E-state index contributed by atoms with van der Waals surface area (Å²) in [6.45, 7) is 2.01. The third-order valence-corrected chi connectivity index (χ3v) is 9.13. The molecule has 0 aliphatic rings. The maximum atomic E-state index is 14.6. The van der Waals surface area contributed by atoms with Gasteiger partial charge in [-0.15, -0.1) is 0 Å². The first kappa shape index (κ1) is 22.8. The number of benzene rings is 4. The number of esters is 1. The molecule has 0 fully saturated rings. The molecule has 3 nitrogen and oxygen atoms in total. The average Bonchev–Trinajstić information content (AvgIpc) is 2.89. The second-order valence-electron chi connectivity index (χ2n) is 8.17. The van der Waals surface area contributed by atoms with Crippen molar-refractivity contribution >= 4 is 23.7 Å². The molecule has 0 bridgehead atoms. The monoisotopic (exact) mass is 454 g/mol. The van der Waals surface area contributed by atoms with Crippen LogP contribution in [0.25, 0.3) is 0 Å². The second kappa shape index (κ2) is 10.5. The molecule has 4 aromatic carbocycles. The lowest BCUT2D eigenvalue weighted by atomic mass is 9.98. The summed E-state index contributed by atoms with van der Waals surface area (Å²) < 4.78 is 20.6. The van der Waals surface area contributed by atoms with Gasteiger partial charge in [-0.05, 0) is 17.7 Å². The van der Waals surface area contributed by atoms with E-state index in [4.69, 9.17) is 4.74 Å². The summed E-state index contributed by atoms with van der Waals surface area (Å²) in [6.07, 6.45) is -0.150. The first-order valence-corrected chi connectivity index (χ1v) is 13.0. The Morgan fingerprint density at radius 2 is 1.12 bits per heavy atom. The fraction of sp³-hybridized carbons (Fsp3) is 0.138. The topological polar surface area (TPSA) is 43.4 Å². The molecule has 0 heterocycles. The summed E-state index contributed by atoms with van der Waals surface area (Å²) in [6, 6.07) is 37.9. The van der Waals surface area contributed by atoms with Gasteiger partial charge in [-0.25, -0.2) is 4.79 Å². The van der Waals surface area contributed by atoms with Gasteiger partial charge in [0.2, 0.25) is 0 Å². The molecule has 0 N–H and O–H groups in total. The zero-order chi connectivity index (χ0) is 23.1. The molecule has 0 saturated heterocycles. The van der Waals surface area contributed by atoms with Crippen LogP contribution in [0.15, 0.2) is 121 Å². The molecule has 0 amide bonds. The molecule has 0 spiro atoms. The molecule has 4 rings (SSSR count). The van der Waals surface area contributed by atoms with Crippen molar-refractivity contribution in [1.82, 2.24) is 0 Å². The molecule has 0 radical (unpaired) electrons. The summed E-state index contributed by atoms with van der Waals surface area (Å²) in [4.78, 5) is 12.9. The molecule has 4 heteroatoms. The van der Waals surface area contributed by atoms with Crippen molar-refractivity contribution in [3.05, 3.63) is 132 Å². The van der Waals surface area contributed by atoms with Gasteiger partial charge in [0.1, 0.15) is 13.2 Å². The molecule has 166 valence electrons. The van der Waals surface area contributed by atoms with E-state index in [0.29, 0.717) is 11.7 Å². The number of hydrogen-bond donors (Lipinski definition) is 0. The van der Waals surface area contributed by atoms with Gasteiger partial charge in [0, 0.05) is 22.7 Å². The van der Waals surface area contributed by atoms with Crippen LogP contribution in [0.4, 0.5) is 0 Å². The Morgan fingerprint density at radius 1 is 0.697 bits per heavy atom. The highest BCUT2D eigenvalue weighted by molar-refractivity contribution is 7.78. The van der Waals surface area contributed by atoms with Crippen LogP contribution < -0.4 is 10.6 Å². The summed E-state index contributed by atoms with van der Waals surface area (Å²) in [5.41, 5.74) is 1.39. The molecule has 0 aliphatic heterocycles. The SMILES string of the molecule is C[C@H](CP(=O)(c1ccccc1)c1ccccc1)[C@H](OC(=O)c1ccccc1)c1ccccc1. The minimum atomic E-state index is -2.96. The van der Waals surface area contributed by atoms with Crippen molar-refractivity contribution in [3.8, 4) is 0 Å². The molecule has 33 heavy (non-hydrogen) atoms. The molecular formula is C29H27O3P. The van der Waals surface area contributed by atoms with Gasteiger partial charge >= 0.3 is 5.97 Å². The smallest absolute Gasteiger partial charge is 0.338 e. The molecule has 4 aromatic rings. The number of hydrogen-bond acceptors (Lipinski definition) is 3. The van der Waals surface area contributed by atoms with Crippen molar-refractivity contribution in [3.63, 3.8) is 0 Å². The quantitative estimate of drug-likeness (QED) is 0.234. The Kier molecular flexibility index (Phi) is 7.22. The van der Waals surface area contributed by atoms with E-state index in [1.54, 1.807) is 12.1 Å². The maximum Gasteiger partial charge on any atom is 0.338 e. The third kappa shape index (κ3) is 5.32. The van der Waals surface area contributed by atoms with Gasteiger partial charge in [0.25, 0.3) is 0 Å². The highest BCUT2D eigenvalue weighted by Crippen LogP contribution is 2.47. The Bertz CT molecular complexity index is 1170. The van der Waals surface area contributed by atoms with Crippen LogP contribution in [0.1, 0.15) is 28.9 Å². The lowest BCUT2D eigenvalue weighted by Crippen LogP contribution is -2.26. The van der Waals surface area contributed by atoms with E-state index in [0.717, 1.165) is 16.2 Å². The van der Waals surface area contributed by atoms with Crippen LogP contribution >= 0.6 is 7.14 Å². The van der Waals surface area contributed by atoms with Crippen molar-refractivity contribution < 1.29 is 14.1 Å². The summed E-state index contributed by atoms with van der Waals surface area (Å²) in [7, 11) is -2.96. The number of carbonyl (C=O) groups is 1. The average molecular weight is 455 g/mol. The number of ether oxygens (including phenoxy) is 1. The molecule has 0 saturated carbocycles. The van der Waals surface area contributed by atoms with Crippen molar-refractivity contribution in [2.24, 2.45) is 5.92 Å². The first-order chi connectivity index (χ1) is 16.1. The highest BCUT2D eigenvalue weighted by atomic mass is 31.2. The third-order valence-electron chi connectivity index (χ3n) is 5.78. The second-order valence-corrected chi connectivity index (χ2v) is 11.1. The fourth-order valence-electron chi connectivity index (χ4n) is 4.11. The first-order valence-electron chi connectivity index (χ1n) is 11.1. The Hall–Kier alpha value is -3.42. The lowest BCUT2D eigenvalue weighted by Gasteiger charge is -2.29. The van der Waals surface area contributed by atoms with Crippen LogP contribution in [0.3, 0.4) is 0 Å². The van der Waals surface area contributed by atoms with E-state index < -0.39 is 13.2 Å². The van der Waals surface area contributed by atoms with Crippen molar-refractivity contribution in [2.45, 2.75) is 13.0 Å². The van der Waals surface area contributed by atoms with Crippen molar-refractivity contribution in [1.29, 1.82) is 0 Å². The van der Waals surface area contributed by atoms with Gasteiger partial charge in [-0.2, -0.15) is 0 Å². The Morgan fingerprint density at radius 3 is 1.61 bits per heavy atom. The van der Waals surface area contributed by atoms with Crippen LogP contribution in [-0.2, 0) is 9.30 Å². The minimum Gasteiger partial charge on any atom is -0.454 e. The van der Waals surface area contributed by atoms with E-state index in [1.165, 1.54) is 0 Å². The lowest BCUT2D eigenvalue weighted by molar-refractivity contribution is 0.0180. The van der Waals surface area contributed by atoms with Gasteiger partial charge in [-0.3, -0.25) is 0 Å². The van der Waals surface area contributed by atoms with E-state index in [2.05, 4.69) is 0 Å². The summed E-state index contributed by atoms with van der Waals surface area (Å²) in [5.74, 6) is -0.572. The van der Waals surface area contributed by atoms with Gasteiger partial charge < -0.3 is 9.30 Å². The zero-order valence-corrected chi connectivity index (χ0v) is 19.5. The number of carbonyl (C=O) groups excluding carboxylic acids is 1. The van der Waals surface area contributed by atoms with E-state index in [-0.39, 0.29) is 11.9 Å². The summed E-state index contributed by atoms with van der Waals surface area (Å²) >= 11 is 0. The number of rotatable bonds is 8. The van der Waals surface area contributed by atoms with Crippen LogP contribution in [0.2, 0.25) is 0 Å². The Labute approximate surface area is 195 Å². The van der Waals surface area contributed by atoms with Crippen LogP contribution in [0.5, 0.6) is 0 Å². The minimum absolute atomic E-state index is 0.189. The molecule has 0 aromatic heterocycles. The highest BCUT2D eigenvalue weighted by Gasteiger charge is 2.34. The van der Waals surface area contributed by atoms with Gasteiger partial charge in [0.05, 0.1) is 5.56 Å². The zero-order valence-electron chi connectivity index (χ0n) is 18.6. The fourth-order valence-corrected chi connectivity index (χ4v) is 7.14. The van der Waals surface area contributed by atoms with E-state index >= 15 is 0 Å². The normalized spacial score (nSPS) is 13.1. The Balaban J connectivity index is 1.69. The van der Waals surface area contributed by atoms with Gasteiger partial charge in [0.15, 0.2) is 0 Å². The summed E-state index contributed by atoms with van der Waals surface area (Å²) in [5, 5.41) is 1.62. The predicted molar refractivity (Wildman–Crippen MR) is 135 cm³/mol. The van der Waals surface area contributed by atoms with Crippen molar-refractivity contribution in [2.75, 3.05) is 6.16 Å². The van der Waals surface area contributed by atoms with Crippen LogP contribution in [0, 0.1) is 5.92 Å². The van der Waals surface area contributed by atoms with Crippen LogP contribution in [-0.4, -0.2) is 12.1 Å².